The Morgan fingerprint density at radius 1 is 1.38 bits per heavy atom. The number of hydrogen-bond acceptors (Lipinski definition) is 4. The van der Waals surface area contributed by atoms with Gasteiger partial charge < -0.3 is 19.3 Å². The Bertz CT molecular complexity index is 351. The Kier molecular flexibility index (Phi) is 3.64. The third-order valence-corrected chi connectivity index (χ3v) is 2.44. The number of para-hydroxylation sites is 1. The molecule has 1 aliphatic rings. The molecule has 2 rings (SSSR count). The number of benzene rings is 1. The van der Waals surface area contributed by atoms with Gasteiger partial charge in [-0.25, -0.2) is 0 Å². The van der Waals surface area contributed by atoms with E-state index >= 15 is 0 Å². The van der Waals surface area contributed by atoms with Gasteiger partial charge >= 0.3 is 0 Å². The first kappa shape index (κ1) is 11.2. The molecule has 1 heterocycles. The minimum atomic E-state index is -0.670. The minimum absolute atomic E-state index is 0.274. The first-order chi connectivity index (χ1) is 7.83. The monoisotopic (exact) mass is 224 g/mol. The fourth-order valence-electron chi connectivity index (χ4n) is 1.68. The van der Waals surface area contributed by atoms with Gasteiger partial charge in [0, 0.05) is 12.2 Å². The lowest BCUT2D eigenvalue weighted by atomic mass is 10.1. The van der Waals surface area contributed by atoms with Crippen molar-refractivity contribution in [3.8, 4) is 11.5 Å². The second kappa shape index (κ2) is 5.18. The lowest BCUT2D eigenvalue weighted by Gasteiger charge is -2.22. The lowest BCUT2D eigenvalue weighted by Crippen LogP contribution is -2.18. The lowest BCUT2D eigenvalue weighted by molar-refractivity contribution is 0.0390. The molecule has 1 aliphatic heterocycles. The summed E-state index contributed by atoms with van der Waals surface area (Å²) in [5.74, 6) is 1.33. The van der Waals surface area contributed by atoms with E-state index in [2.05, 4.69) is 0 Å². The van der Waals surface area contributed by atoms with Crippen LogP contribution >= 0.6 is 0 Å². The zero-order valence-electron chi connectivity index (χ0n) is 9.31. The molecule has 1 N–H and O–H groups in total. The van der Waals surface area contributed by atoms with Crippen LogP contribution in [0.1, 0.15) is 18.6 Å². The second-order valence-corrected chi connectivity index (χ2v) is 3.55. The smallest absolute Gasteiger partial charge is 0.167 e. The Balaban J connectivity index is 2.19. The SMILES string of the molecule is CCOCC(O)c1cccc2c1OCCO2. The summed E-state index contributed by atoms with van der Waals surface area (Å²) in [6, 6.07) is 5.51. The molecular weight excluding hydrogens is 208 g/mol. The molecule has 0 bridgehead atoms. The van der Waals surface area contributed by atoms with Crippen molar-refractivity contribution >= 4 is 0 Å². The van der Waals surface area contributed by atoms with Crippen molar-refractivity contribution in [3.63, 3.8) is 0 Å². The fourth-order valence-corrected chi connectivity index (χ4v) is 1.68. The van der Waals surface area contributed by atoms with Crippen LogP contribution in [-0.4, -0.2) is 31.5 Å². The van der Waals surface area contributed by atoms with Crippen LogP contribution in [0.5, 0.6) is 11.5 Å². The molecule has 1 atom stereocenters. The molecular formula is C12H16O4. The van der Waals surface area contributed by atoms with Crippen LogP contribution in [0.4, 0.5) is 0 Å². The number of aliphatic hydroxyl groups is 1. The van der Waals surface area contributed by atoms with Crippen molar-refractivity contribution in [2.24, 2.45) is 0 Å². The predicted octanol–water partition coefficient (Wildman–Crippen LogP) is 1.53. The van der Waals surface area contributed by atoms with Gasteiger partial charge in [0.1, 0.15) is 19.3 Å². The van der Waals surface area contributed by atoms with Crippen LogP contribution in [0.2, 0.25) is 0 Å². The highest BCUT2D eigenvalue weighted by Gasteiger charge is 2.20. The molecule has 0 saturated heterocycles. The van der Waals surface area contributed by atoms with Gasteiger partial charge in [-0.15, -0.1) is 0 Å². The maximum atomic E-state index is 9.95. The van der Waals surface area contributed by atoms with Crippen molar-refractivity contribution in [3.05, 3.63) is 23.8 Å². The van der Waals surface area contributed by atoms with E-state index in [-0.39, 0.29) is 6.61 Å². The van der Waals surface area contributed by atoms with Crippen molar-refractivity contribution in [2.75, 3.05) is 26.4 Å². The average molecular weight is 224 g/mol. The standard InChI is InChI=1S/C12H16O4/c1-2-14-8-10(13)9-4-3-5-11-12(9)16-7-6-15-11/h3-5,10,13H,2,6-8H2,1H3. The molecule has 0 fully saturated rings. The van der Waals surface area contributed by atoms with E-state index in [4.69, 9.17) is 14.2 Å². The summed E-state index contributed by atoms with van der Waals surface area (Å²) in [7, 11) is 0. The maximum Gasteiger partial charge on any atom is 0.167 e. The highest BCUT2D eigenvalue weighted by molar-refractivity contribution is 5.48. The van der Waals surface area contributed by atoms with Crippen LogP contribution in [0.15, 0.2) is 18.2 Å². The Labute approximate surface area is 94.8 Å². The molecule has 0 amide bonds. The van der Waals surface area contributed by atoms with E-state index in [0.29, 0.717) is 31.3 Å². The van der Waals surface area contributed by atoms with Gasteiger partial charge in [0.25, 0.3) is 0 Å². The first-order valence-electron chi connectivity index (χ1n) is 5.47. The van der Waals surface area contributed by atoms with Crippen LogP contribution in [0, 0.1) is 0 Å². The van der Waals surface area contributed by atoms with E-state index in [9.17, 15) is 5.11 Å². The van der Waals surface area contributed by atoms with Gasteiger partial charge in [-0.3, -0.25) is 0 Å². The summed E-state index contributed by atoms with van der Waals surface area (Å²) >= 11 is 0. The zero-order valence-corrected chi connectivity index (χ0v) is 9.31. The third-order valence-electron chi connectivity index (χ3n) is 2.44. The first-order valence-corrected chi connectivity index (χ1v) is 5.47. The quantitative estimate of drug-likeness (QED) is 0.842. The summed E-state index contributed by atoms with van der Waals surface area (Å²) in [5, 5.41) is 9.95. The summed E-state index contributed by atoms with van der Waals surface area (Å²) in [5.41, 5.74) is 0.727. The molecule has 1 unspecified atom stereocenters. The van der Waals surface area contributed by atoms with Crippen molar-refractivity contribution < 1.29 is 19.3 Å². The molecule has 1 aromatic rings. The van der Waals surface area contributed by atoms with E-state index in [1.54, 1.807) is 0 Å². The normalized spacial score (nSPS) is 15.9. The highest BCUT2D eigenvalue weighted by Crippen LogP contribution is 2.36. The van der Waals surface area contributed by atoms with Crippen LogP contribution in [-0.2, 0) is 4.74 Å². The van der Waals surface area contributed by atoms with Crippen LogP contribution in [0.3, 0.4) is 0 Å². The molecule has 88 valence electrons. The molecule has 16 heavy (non-hydrogen) atoms. The summed E-state index contributed by atoms with van der Waals surface area (Å²) < 4.78 is 16.2. The van der Waals surface area contributed by atoms with Gasteiger partial charge in [0.2, 0.25) is 0 Å². The molecule has 4 heteroatoms. The molecule has 0 aliphatic carbocycles. The number of aliphatic hydroxyl groups excluding tert-OH is 1. The number of rotatable bonds is 4. The van der Waals surface area contributed by atoms with E-state index in [0.717, 1.165) is 5.56 Å². The van der Waals surface area contributed by atoms with Crippen LogP contribution in [0.25, 0.3) is 0 Å². The Hall–Kier alpha value is -1.26. The molecule has 0 aromatic heterocycles. The summed E-state index contributed by atoms with van der Waals surface area (Å²) in [4.78, 5) is 0. The average Bonchev–Trinajstić information content (AvgIpc) is 2.35. The second-order valence-electron chi connectivity index (χ2n) is 3.55. The molecule has 4 nitrogen and oxygen atoms in total. The topological polar surface area (TPSA) is 47.9 Å². The maximum absolute atomic E-state index is 9.95. The fraction of sp³-hybridized carbons (Fsp3) is 0.500. The van der Waals surface area contributed by atoms with Gasteiger partial charge in [-0.1, -0.05) is 12.1 Å². The highest BCUT2D eigenvalue weighted by atomic mass is 16.6. The Morgan fingerprint density at radius 3 is 3.00 bits per heavy atom. The number of hydrogen-bond donors (Lipinski definition) is 1. The zero-order chi connectivity index (χ0) is 11.4. The van der Waals surface area contributed by atoms with Crippen LogP contribution < -0.4 is 9.47 Å². The van der Waals surface area contributed by atoms with Crippen molar-refractivity contribution in [1.29, 1.82) is 0 Å². The predicted molar refractivity (Wildman–Crippen MR) is 58.9 cm³/mol. The van der Waals surface area contributed by atoms with Gasteiger partial charge in [0.05, 0.1) is 6.61 Å². The number of fused-ring (bicyclic) bond motifs is 1. The third kappa shape index (κ3) is 2.28. The Morgan fingerprint density at radius 2 is 2.19 bits per heavy atom. The van der Waals surface area contributed by atoms with Crippen molar-refractivity contribution in [2.45, 2.75) is 13.0 Å². The van der Waals surface area contributed by atoms with E-state index in [1.807, 2.05) is 25.1 Å². The molecule has 0 saturated carbocycles. The molecule has 1 aromatic carbocycles. The molecule has 0 radical (unpaired) electrons. The van der Waals surface area contributed by atoms with Gasteiger partial charge in [0.15, 0.2) is 11.5 Å². The summed E-state index contributed by atoms with van der Waals surface area (Å²) in [6.45, 7) is 3.83. The number of ether oxygens (including phenoxy) is 3. The van der Waals surface area contributed by atoms with E-state index in [1.165, 1.54) is 0 Å². The van der Waals surface area contributed by atoms with Crippen molar-refractivity contribution in [1.82, 2.24) is 0 Å². The van der Waals surface area contributed by atoms with Gasteiger partial charge in [-0.05, 0) is 13.0 Å². The van der Waals surface area contributed by atoms with Gasteiger partial charge in [-0.2, -0.15) is 0 Å². The molecule has 0 spiro atoms. The van der Waals surface area contributed by atoms with E-state index < -0.39 is 6.10 Å². The largest absolute Gasteiger partial charge is 0.486 e. The minimum Gasteiger partial charge on any atom is -0.486 e. The summed E-state index contributed by atoms with van der Waals surface area (Å²) in [6.07, 6.45) is -0.670.